The Bertz CT molecular complexity index is 1900. The monoisotopic (exact) mass is 848 g/mol. The van der Waals surface area contributed by atoms with E-state index in [-0.39, 0.29) is 50.3 Å². The number of unbranched alkanes of at least 4 members (excludes halogenated alkanes) is 1. The number of primary amides is 1. The van der Waals surface area contributed by atoms with E-state index >= 15 is 0 Å². The molecular formula is C45H64N6O8S. The Hall–Kier alpha value is -4.86. The molecule has 14 nitrogen and oxygen atoms in total. The lowest BCUT2D eigenvalue weighted by molar-refractivity contribution is -0.144. The highest BCUT2D eigenvalue weighted by Gasteiger charge is 2.44. The van der Waals surface area contributed by atoms with Crippen LogP contribution < -0.4 is 21.7 Å². The first-order valence-corrected chi connectivity index (χ1v) is 21.6. The van der Waals surface area contributed by atoms with E-state index < -0.39 is 53.2 Å². The van der Waals surface area contributed by atoms with Crippen LogP contribution >= 0.6 is 11.3 Å². The third-order valence-corrected chi connectivity index (χ3v) is 11.2. The number of aliphatic hydroxyl groups is 1. The first kappa shape index (κ1) is 47.8. The molecule has 0 bridgehead atoms. The number of β-amino-alcohol motifs (C(OH)–C–C–N with tert-alkyl or cyclic N) is 1. The summed E-state index contributed by atoms with van der Waals surface area (Å²) in [6.45, 7) is 15.3. The average molecular weight is 849 g/mol. The van der Waals surface area contributed by atoms with Crippen molar-refractivity contribution in [3.8, 4) is 10.4 Å². The van der Waals surface area contributed by atoms with Crippen molar-refractivity contribution in [1.29, 1.82) is 0 Å². The number of nitrogens with zero attached hydrogens (tertiary/aromatic N) is 2. The van der Waals surface area contributed by atoms with Gasteiger partial charge in [0.1, 0.15) is 17.7 Å². The van der Waals surface area contributed by atoms with Gasteiger partial charge in [-0.05, 0) is 88.0 Å². The maximum absolute atomic E-state index is 14.1. The molecule has 2 heterocycles. The number of ether oxygens (including phenoxy) is 2. The molecule has 3 aromatic rings. The van der Waals surface area contributed by atoms with Gasteiger partial charge in [0, 0.05) is 25.8 Å². The van der Waals surface area contributed by atoms with E-state index in [0.717, 1.165) is 45.7 Å². The van der Waals surface area contributed by atoms with Crippen LogP contribution in [0.25, 0.3) is 10.4 Å². The Kier molecular flexibility index (Phi) is 17.2. The number of benzene rings is 2. The molecule has 1 aliphatic rings. The summed E-state index contributed by atoms with van der Waals surface area (Å²) in [4.78, 5) is 71.4. The van der Waals surface area contributed by atoms with E-state index in [0.29, 0.717) is 19.4 Å². The number of aliphatic hydroxyl groups excluding tert-OH is 1. The highest BCUT2D eigenvalue weighted by atomic mass is 32.1. The lowest BCUT2D eigenvalue weighted by atomic mass is 9.85. The molecule has 1 saturated heterocycles. The minimum absolute atomic E-state index is 0.00431. The standard InChI is InChI=1S/C45H64N6O8S/c1-28(32-17-19-33(20-18-32)39-29(2)47-27-60-39)48-41(55)36-23-35(52)24-51(36)42(56)40(44(3,4)5)50-38(54)12-10-9-11-30-13-15-31(16-14-30)25-58-26-34(21-22-37(46)53)49-43(57)59-45(6,7)8/h13-20,27-28,34-36,40,52H,9-12,21-26H2,1-8H3,(H2,46,53)(H,48,55)(H,49,57)(H,50,54)/t28-,34?,35+,36-,40+/m0/s1. The number of carbonyl (C=O) groups excluding carboxylic acids is 5. The third-order valence-electron chi connectivity index (χ3n) is 10.3. The van der Waals surface area contributed by atoms with Crippen LogP contribution in [0.5, 0.6) is 0 Å². The Morgan fingerprint density at radius 2 is 1.60 bits per heavy atom. The molecule has 2 aromatic carbocycles. The molecule has 0 saturated carbocycles. The van der Waals surface area contributed by atoms with Gasteiger partial charge >= 0.3 is 6.09 Å². The molecule has 1 fully saturated rings. The summed E-state index contributed by atoms with van der Waals surface area (Å²) in [5.41, 5.74) is 10.8. The molecule has 15 heteroatoms. The Morgan fingerprint density at radius 1 is 0.933 bits per heavy atom. The molecular weight excluding hydrogens is 785 g/mol. The van der Waals surface area contributed by atoms with Crippen molar-refractivity contribution >= 4 is 41.1 Å². The first-order valence-electron chi connectivity index (χ1n) is 20.7. The number of hydrogen-bond donors (Lipinski definition) is 5. The molecule has 0 spiro atoms. The van der Waals surface area contributed by atoms with E-state index in [1.54, 1.807) is 32.1 Å². The number of nitrogens with two attached hydrogens (primary N) is 1. The van der Waals surface area contributed by atoms with Crippen LogP contribution in [0, 0.1) is 12.3 Å². The fraction of sp³-hybridized carbons (Fsp3) is 0.556. The van der Waals surface area contributed by atoms with Crippen LogP contribution in [0.4, 0.5) is 4.79 Å². The molecule has 0 aliphatic carbocycles. The second-order valence-corrected chi connectivity index (χ2v) is 18.6. The summed E-state index contributed by atoms with van der Waals surface area (Å²) in [5, 5.41) is 19.4. The van der Waals surface area contributed by atoms with Gasteiger partial charge in [0.2, 0.25) is 23.6 Å². The fourth-order valence-electron chi connectivity index (χ4n) is 6.97. The molecule has 6 N–H and O–H groups in total. The van der Waals surface area contributed by atoms with Gasteiger partial charge in [-0.3, -0.25) is 19.2 Å². The number of thiazole rings is 1. The van der Waals surface area contributed by atoms with Crippen molar-refractivity contribution in [1.82, 2.24) is 25.8 Å². The topological polar surface area (TPSA) is 202 Å². The zero-order chi connectivity index (χ0) is 44.2. The molecule has 1 aliphatic heterocycles. The van der Waals surface area contributed by atoms with Crippen LogP contribution in [-0.4, -0.2) is 87.7 Å². The molecule has 4 rings (SSSR count). The zero-order valence-electron chi connectivity index (χ0n) is 36.3. The number of rotatable bonds is 19. The summed E-state index contributed by atoms with van der Waals surface area (Å²) >= 11 is 1.58. The van der Waals surface area contributed by atoms with Gasteiger partial charge in [-0.25, -0.2) is 9.78 Å². The van der Waals surface area contributed by atoms with Crippen molar-refractivity contribution in [3.63, 3.8) is 0 Å². The summed E-state index contributed by atoms with van der Waals surface area (Å²) in [5.74, 6) is -1.46. The van der Waals surface area contributed by atoms with Crippen molar-refractivity contribution in [3.05, 3.63) is 76.4 Å². The van der Waals surface area contributed by atoms with E-state index in [1.807, 2.05) is 88.7 Å². The summed E-state index contributed by atoms with van der Waals surface area (Å²) < 4.78 is 11.2. The molecule has 328 valence electrons. The number of carbonyl (C=O) groups is 5. The fourth-order valence-corrected chi connectivity index (χ4v) is 7.78. The van der Waals surface area contributed by atoms with Gasteiger partial charge in [0.05, 0.1) is 47.5 Å². The van der Waals surface area contributed by atoms with Gasteiger partial charge in [0.25, 0.3) is 0 Å². The second kappa shape index (κ2) is 21.6. The maximum Gasteiger partial charge on any atom is 0.407 e. The van der Waals surface area contributed by atoms with Gasteiger partial charge in [-0.15, -0.1) is 11.3 Å². The highest BCUT2D eigenvalue weighted by Crippen LogP contribution is 2.30. The second-order valence-electron chi connectivity index (χ2n) is 17.8. The Labute approximate surface area is 358 Å². The minimum atomic E-state index is -0.896. The van der Waals surface area contributed by atoms with E-state index in [4.69, 9.17) is 15.2 Å². The normalized spacial score (nSPS) is 17.1. The Morgan fingerprint density at radius 3 is 2.20 bits per heavy atom. The molecule has 0 radical (unpaired) electrons. The minimum Gasteiger partial charge on any atom is -0.444 e. The van der Waals surface area contributed by atoms with Gasteiger partial charge < -0.3 is 41.2 Å². The zero-order valence-corrected chi connectivity index (χ0v) is 37.2. The van der Waals surface area contributed by atoms with E-state index in [1.165, 1.54) is 4.90 Å². The first-order chi connectivity index (χ1) is 28.2. The largest absolute Gasteiger partial charge is 0.444 e. The van der Waals surface area contributed by atoms with Crippen LogP contribution in [0.15, 0.2) is 54.0 Å². The van der Waals surface area contributed by atoms with Gasteiger partial charge in [-0.2, -0.15) is 0 Å². The quantitative estimate of drug-likeness (QED) is 0.0914. The van der Waals surface area contributed by atoms with Crippen LogP contribution in [0.2, 0.25) is 0 Å². The van der Waals surface area contributed by atoms with Crippen LogP contribution in [-0.2, 0) is 41.7 Å². The lowest BCUT2D eigenvalue weighted by Gasteiger charge is -2.35. The number of nitrogens with one attached hydrogen (secondary N) is 3. The molecule has 1 aromatic heterocycles. The summed E-state index contributed by atoms with van der Waals surface area (Å²) in [6, 6.07) is 13.3. The molecule has 5 atom stereocenters. The maximum atomic E-state index is 14.1. The highest BCUT2D eigenvalue weighted by molar-refractivity contribution is 7.13. The number of aryl methyl sites for hydroxylation is 2. The van der Waals surface area contributed by atoms with Crippen molar-refractivity contribution in [2.45, 2.75) is 143 Å². The molecule has 5 amide bonds. The molecule has 60 heavy (non-hydrogen) atoms. The van der Waals surface area contributed by atoms with Crippen molar-refractivity contribution in [2.75, 3.05) is 13.2 Å². The number of alkyl carbamates (subject to hydrolysis) is 1. The van der Waals surface area contributed by atoms with E-state index in [2.05, 4.69) is 20.9 Å². The number of amides is 5. The number of hydrogen-bond acceptors (Lipinski definition) is 10. The lowest BCUT2D eigenvalue weighted by Crippen LogP contribution is -2.57. The van der Waals surface area contributed by atoms with Crippen molar-refractivity contribution < 1.29 is 38.6 Å². The molecule has 1 unspecified atom stereocenters. The average Bonchev–Trinajstić information content (AvgIpc) is 3.78. The smallest absolute Gasteiger partial charge is 0.407 e. The van der Waals surface area contributed by atoms with Crippen LogP contribution in [0.1, 0.15) is 115 Å². The third kappa shape index (κ3) is 15.0. The van der Waals surface area contributed by atoms with Gasteiger partial charge in [0.15, 0.2) is 0 Å². The van der Waals surface area contributed by atoms with Gasteiger partial charge in [-0.1, -0.05) is 69.3 Å². The Balaban J connectivity index is 1.24. The van der Waals surface area contributed by atoms with Crippen molar-refractivity contribution in [2.24, 2.45) is 11.1 Å². The SMILES string of the molecule is Cc1ncsc1-c1ccc([C@H](C)NC(=O)[C@@H]2C[C@@H](O)CN2C(=O)[C@@H](NC(=O)CCCCc2ccc(COCC(CCC(N)=O)NC(=O)OC(C)(C)C)cc2)C(C)(C)C)cc1. The number of aromatic nitrogens is 1. The summed E-state index contributed by atoms with van der Waals surface area (Å²) in [6.07, 6.45) is 1.43. The van der Waals surface area contributed by atoms with Crippen LogP contribution in [0.3, 0.4) is 0 Å². The van der Waals surface area contributed by atoms with E-state index in [9.17, 15) is 29.1 Å². The number of likely N-dealkylation sites (tertiary alicyclic amines) is 1. The predicted octanol–water partition coefficient (Wildman–Crippen LogP) is 5.88. The predicted molar refractivity (Wildman–Crippen MR) is 232 cm³/mol. The summed E-state index contributed by atoms with van der Waals surface area (Å²) in [7, 11) is 0.